The minimum Gasteiger partial charge on any atom is -0.459 e. The Labute approximate surface area is 64.8 Å². The quantitative estimate of drug-likeness (QED) is 0.468. The first-order valence-electron chi connectivity index (χ1n) is 3.73. The number of rotatable bonds is 0. The van der Waals surface area contributed by atoms with E-state index in [0.29, 0.717) is 12.3 Å². The third kappa shape index (κ3) is 1.04. The van der Waals surface area contributed by atoms with Gasteiger partial charge >= 0.3 is 5.97 Å². The number of hydrogen-bond acceptors (Lipinski definition) is 4. The predicted molar refractivity (Wildman–Crippen MR) is 38.6 cm³/mol. The van der Waals surface area contributed by atoms with Crippen LogP contribution in [0.4, 0.5) is 0 Å². The molecule has 0 bridgehead atoms. The van der Waals surface area contributed by atoms with Gasteiger partial charge in [0, 0.05) is 19.3 Å². The van der Waals surface area contributed by atoms with Crippen molar-refractivity contribution in [3.63, 3.8) is 0 Å². The average Bonchev–Trinajstić information content (AvgIpc) is 2.06. The molecule has 2 aliphatic heterocycles. The van der Waals surface area contributed by atoms with E-state index in [4.69, 9.17) is 4.74 Å². The summed E-state index contributed by atoms with van der Waals surface area (Å²) in [6.45, 7) is 3.17. The van der Waals surface area contributed by atoms with E-state index in [1.165, 1.54) is 0 Å². The van der Waals surface area contributed by atoms with Gasteiger partial charge in [-0.05, 0) is 0 Å². The minimum atomic E-state index is -0.205. The summed E-state index contributed by atoms with van der Waals surface area (Å²) in [4.78, 5) is 13.1. The monoisotopic (exact) mass is 154 g/mol. The van der Waals surface area contributed by atoms with Crippen LogP contribution in [-0.4, -0.2) is 37.1 Å². The van der Waals surface area contributed by atoms with Crippen LogP contribution < -0.4 is 5.32 Å². The van der Waals surface area contributed by atoms with Crippen molar-refractivity contribution in [3.8, 4) is 0 Å². The Morgan fingerprint density at radius 2 is 2.45 bits per heavy atom. The highest BCUT2D eigenvalue weighted by atomic mass is 16.5. The summed E-state index contributed by atoms with van der Waals surface area (Å²) in [5.74, 6) is -0.205. The highest BCUT2D eigenvalue weighted by Gasteiger charge is 2.25. The Morgan fingerprint density at radius 3 is 3.27 bits per heavy atom. The molecule has 0 unspecified atom stereocenters. The molecule has 4 heteroatoms. The molecule has 0 radical (unpaired) electrons. The molecule has 11 heavy (non-hydrogen) atoms. The van der Waals surface area contributed by atoms with Crippen LogP contribution in [0.5, 0.6) is 0 Å². The number of esters is 1. The van der Waals surface area contributed by atoms with Crippen LogP contribution >= 0.6 is 0 Å². The van der Waals surface area contributed by atoms with Crippen molar-refractivity contribution in [2.75, 3.05) is 26.2 Å². The van der Waals surface area contributed by atoms with Gasteiger partial charge in [0.1, 0.15) is 12.3 Å². The van der Waals surface area contributed by atoms with Crippen LogP contribution in [-0.2, 0) is 9.53 Å². The number of carbonyl (C=O) groups excluding carboxylic acids is 1. The predicted octanol–water partition coefficient (Wildman–Crippen LogP) is -0.710. The third-order valence-electron chi connectivity index (χ3n) is 1.91. The molecule has 0 spiro atoms. The van der Waals surface area contributed by atoms with E-state index in [1.807, 2.05) is 4.90 Å². The molecule has 4 nitrogen and oxygen atoms in total. The lowest BCUT2D eigenvalue weighted by molar-refractivity contribution is -0.145. The van der Waals surface area contributed by atoms with E-state index >= 15 is 0 Å². The molecule has 0 saturated carbocycles. The second kappa shape index (κ2) is 2.45. The normalized spacial score (nSPS) is 23.1. The highest BCUT2D eigenvalue weighted by molar-refractivity contribution is 5.88. The van der Waals surface area contributed by atoms with Crippen molar-refractivity contribution in [2.24, 2.45) is 0 Å². The van der Waals surface area contributed by atoms with E-state index in [1.54, 1.807) is 6.20 Å². The molecule has 2 heterocycles. The van der Waals surface area contributed by atoms with Crippen LogP contribution in [0, 0.1) is 0 Å². The van der Waals surface area contributed by atoms with E-state index in [9.17, 15) is 4.79 Å². The van der Waals surface area contributed by atoms with Gasteiger partial charge in [-0.3, -0.25) is 0 Å². The zero-order valence-electron chi connectivity index (χ0n) is 6.17. The van der Waals surface area contributed by atoms with Crippen LogP contribution in [0.15, 0.2) is 11.9 Å². The number of nitrogens with one attached hydrogen (secondary N) is 1. The van der Waals surface area contributed by atoms with Gasteiger partial charge in [0.05, 0.1) is 6.54 Å². The molecule has 1 saturated heterocycles. The molecule has 0 aromatic heterocycles. The fourth-order valence-electron chi connectivity index (χ4n) is 1.32. The number of nitrogens with zero attached hydrogens (tertiary/aromatic N) is 1. The Balaban J connectivity index is 2.21. The summed E-state index contributed by atoms with van der Waals surface area (Å²) in [6, 6.07) is 0. The number of morpholine rings is 1. The third-order valence-corrected chi connectivity index (χ3v) is 1.91. The molecule has 1 fully saturated rings. The van der Waals surface area contributed by atoms with Crippen LogP contribution in [0.1, 0.15) is 0 Å². The maximum absolute atomic E-state index is 11.1. The summed E-state index contributed by atoms with van der Waals surface area (Å²) < 4.78 is 4.86. The second-order valence-corrected chi connectivity index (χ2v) is 2.61. The van der Waals surface area contributed by atoms with Crippen molar-refractivity contribution in [2.45, 2.75) is 0 Å². The number of hydrogen-bond donors (Lipinski definition) is 1. The molecule has 0 aromatic carbocycles. The van der Waals surface area contributed by atoms with E-state index < -0.39 is 0 Å². The lowest BCUT2D eigenvalue weighted by atomic mass is 10.3. The van der Waals surface area contributed by atoms with Gasteiger partial charge in [-0.2, -0.15) is 0 Å². The molecule has 0 aromatic rings. The summed E-state index contributed by atoms with van der Waals surface area (Å²) in [7, 11) is 0. The van der Waals surface area contributed by atoms with Gasteiger partial charge in [-0.25, -0.2) is 4.79 Å². The summed E-state index contributed by atoms with van der Waals surface area (Å²) in [5.41, 5.74) is 0.669. The Hall–Kier alpha value is -1.19. The summed E-state index contributed by atoms with van der Waals surface area (Å²) in [5, 5.41) is 3.01. The van der Waals surface area contributed by atoms with E-state index in [2.05, 4.69) is 5.32 Å². The smallest absolute Gasteiger partial charge is 0.356 e. The van der Waals surface area contributed by atoms with E-state index in [0.717, 1.165) is 19.6 Å². The molecule has 2 rings (SSSR count). The topological polar surface area (TPSA) is 41.6 Å². The first-order valence-corrected chi connectivity index (χ1v) is 3.73. The maximum Gasteiger partial charge on any atom is 0.356 e. The summed E-state index contributed by atoms with van der Waals surface area (Å²) >= 11 is 0. The lowest BCUT2D eigenvalue weighted by Crippen LogP contribution is -2.44. The van der Waals surface area contributed by atoms with Gasteiger partial charge in [-0.1, -0.05) is 0 Å². The molecule has 0 atom stereocenters. The summed E-state index contributed by atoms with van der Waals surface area (Å²) in [6.07, 6.45) is 1.73. The first kappa shape index (κ1) is 6.52. The Morgan fingerprint density at radius 1 is 1.55 bits per heavy atom. The zero-order valence-corrected chi connectivity index (χ0v) is 6.17. The fraction of sp³-hybridized carbons (Fsp3) is 0.571. The number of carbonyl (C=O) groups is 1. The lowest BCUT2D eigenvalue weighted by Gasteiger charge is -2.32. The van der Waals surface area contributed by atoms with Gasteiger partial charge in [-0.15, -0.1) is 0 Å². The SMILES string of the molecule is O=C1OCCN2CCNC=C12. The highest BCUT2D eigenvalue weighted by Crippen LogP contribution is 2.12. The van der Waals surface area contributed by atoms with Gasteiger partial charge < -0.3 is 15.0 Å². The molecule has 2 aliphatic rings. The minimum absolute atomic E-state index is 0.205. The van der Waals surface area contributed by atoms with Gasteiger partial charge in [0.25, 0.3) is 0 Å². The molecule has 0 aliphatic carbocycles. The standard InChI is InChI=1S/C7H10N2O2/c10-7-6-5-8-1-2-9(6)3-4-11-7/h5,8H,1-4H2. The Kier molecular flexibility index (Phi) is 1.45. The number of fused-ring (bicyclic) bond motifs is 1. The van der Waals surface area contributed by atoms with Crippen LogP contribution in [0.2, 0.25) is 0 Å². The molecule has 0 amide bonds. The molecular formula is C7H10N2O2. The first-order chi connectivity index (χ1) is 5.38. The maximum atomic E-state index is 11.1. The van der Waals surface area contributed by atoms with Crippen molar-refractivity contribution in [1.82, 2.24) is 10.2 Å². The largest absolute Gasteiger partial charge is 0.459 e. The van der Waals surface area contributed by atoms with Crippen LogP contribution in [0.3, 0.4) is 0 Å². The molecule has 60 valence electrons. The zero-order chi connectivity index (χ0) is 7.68. The average molecular weight is 154 g/mol. The van der Waals surface area contributed by atoms with Crippen molar-refractivity contribution < 1.29 is 9.53 Å². The Bertz CT molecular complexity index is 212. The molecule has 1 N–H and O–H groups in total. The van der Waals surface area contributed by atoms with Crippen molar-refractivity contribution >= 4 is 5.97 Å². The van der Waals surface area contributed by atoms with Crippen molar-refractivity contribution in [1.29, 1.82) is 0 Å². The molecular weight excluding hydrogens is 144 g/mol. The van der Waals surface area contributed by atoms with Gasteiger partial charge in [0.15, 0.2) is 0 Å². The van der Waals surface area contributed by atoms with E-state index in [-0.39, 0.29) is 5.97 Å². The number of cyclic esters (lactones) is 1. The van der Waals surface area contributed by atoms with Crippen molar-refractivity contribution in [3.05, 3.63) is 11.9 Å². The van der Waals surface area contributed by atoms with Crippen LogP contribution in [0.25, 0.3) is 0 Å². The fourth-order valence-corrected chi connectivity index (χ4v) is 1.32. The van der Waals surface area contributed by atoms with Gasteiger partial charge in [0.2, 0.25) is 0 Å². The number of ether oxygens (including phenoxy) is 1. The second-order valence-electron chi connectivity index (χ2n) is 2.61.